The molecule has 0 aliphatic carbocycles. The van der Waals surface area contributed by atoms with Crippen LogP contribution in [0.15, 0.2) is 182 Å². The van der Waals surface area contributed by atoms with Gasteiger partial charge in [0.15, 0.2) is 0 Å². The highest BCUT2D eigenvalue weighted by molar-refractivity contribution is 5.47. The normalized spacial score (nSPS) is 11.0. The van der Waals surface area contributed by atoms with Crippen LogP contribution in [0.3, 0.4) is 0 Å². The van der Waals surface area contributed by atoms with Gasteiger partial charge in [0.25, 0.3) is 0 Å². The minimum absolute atomic E-state index is 1.02. The molecule has 0 spiro atoms. The fourth-order valence-corrected chi connectivity index (χ4v) is 6.61. The van der Waals surface area contributed by atoms with Crippen LogP contribution >= 0.6 is 0 Å². The van der Waals surface area contributed by atoms with Gasteiger partial charge in [-0.3, -0.25) is 0 Å². The maximum Gasteiger partial charge on any atom is 0.104 e. The summed E-state index contributed by atoms with van der Waals surface area (Å²) in [5.74, 6) is 0. The number of quaternary nitrogens is 2. The van der Waals surface area contributed by atoms with Crippen LogP contribution in [-0.2, 0) is 39.0 Å². The van der Waals surface area contributed by atoms with Crippen LogP contribution in [0.5, 0.6) is 0 Å². The smallest absolute Gasteiger partial charge is 0.104 e. The molecule has 0 bridgehead atoms. The van der Waals surface area contributed by atoms with Crippen LogP contribution in [-0.4, -0.2) is 42.3 Å². The molecule has 0 heterocycles. The second-order valence-electron chi connectivity index (χ2n) is 14.0. The van der Waals surface area contributed by atoms with E-state index in [1.54, 1.807) is 0 Å². The van der Waals surface area contributed by atoms with Crippen LogP contribution < -0.4 is 10.2 Å². The Hall–Kier alpha value is -5.49. The standard InChI is InChI=1S/2C23H26N.CH2O3/c2*1-24(19-22-13-7-3-8-14-22,20-23-15-9-4-10-16-23)18-17-21-11-5-2-6-12-21;2-1(3)4/h2*2-16H,17-20H2,1H3;(H2,2,3,4)/q2*+1;/p-2. The van der Waals surface area contributed by atoms with Crippen molar-refractivity contribution >= 4 is 6.16 Å². The number of carboxylic acid groups (broad SMARTS) is 2. The molecule has 0 saturated carbocycles. The molecule has 52 heavy (non-hydrogen) atoms. The van der Waals surface area contributed by atoms with Crippen LogP contribution in [0, 0.1) is 0 Å². The molecule has 0 N–H and O–H groups in total. The molecule has 0 aromatic heterocycles. The molecule has 0 fully saturated rings. The lowest BCUT2D eigenvalue weighted by atomic mass is 10.1. The van der Waals surface area contributed by atoms with Gasteiger partial charge in [0.05, 0.1) is 27.2 Å². The lowest BCUT2D eigenvalue weighted by molar-refractivity contribution is -0.935. The highest BCUT2D eigenvalue weighted by Crippen LogP contribution is 2.20. The third-order valence-corrected chi connectivity index (χ3v) is 9.19. The largest absolute Gasteiger partial charge is 0.652 e. The second-order valence-corrected chi connectivity index (χ2v) is 14.0. The number of hydrogen-bond acceptors (Lipinski definition) is 3. The van der Waals surface area contributed by atoms with Crippen molar-refractivity contribution in [1.29, 1.82) is 0 Å². The van der Waals surface area contributed by atoms with E-state index in [1.165, 1.54) is 33.4 Å². The molecule has 5 heteroatoms. The number of likely N-dealkylation sites (N-methyl/N-ethyl adjacent to an activating group) is 2. The van der Waals surface area contributed by atoms with E-state index in [-0.39, 0.29) is 0 Å². The molecule has 6 rings (SSSR count). The predicted octanol–water partition coefficient (Wildman–Crippen LogP) is 7.71. The lowest BCUT2D eigenvalue weighted by Gasteiger charge is -2.35. The highest BCUT2D eigenvalue weighted by atomic mass is 16.6. The molecule has 5 nitrogen and oxygen atoms in total. The van der Waals surface area contributed by atoms with Gasteiger partial charge in [0, 0.05) is 35.1 Å². The Balaban J connectivity index is 0.000000211. The molecular weight excluding hydrogens is 641 g/mol. The van der Waals surface area contributed by atoms with Crippen LogP contribution in [0.4, 0.5) is 4.79 Å². The van der Waals surface area contributed by atoms with Crippen LogP contribution in [0.1, 0.15) is 33.4 Å². The summed E-state index contributed by atoms with van der Waals surface area (Å²) in [5, 5.41) is 16.7. The Labute approximate surface area is 310 Å². The molecular formula is C47H52N2O3. The van der Waals surface area contributed by atoms with Gasteiger partial charge in [0.1, 0.15) is 26.2 Å². The number of carbonyl (C=O) groups is 1. The van der Waals surface area contributed by atoms with Crippen molar-refractivity contribution in [3.8, 4) is 0 Å². The average molecular weight is 693 g/mol. The van der Waals surface area contributed by atoms with Crippen molar-refractivity contribution in [1.82, 2.24) is 0 Å². The van der Waals surface area contributed by atoms with E-state index in [2.05, 4.69) is 196 Å². The van der Waals surface area contributed by atoms with Gasteiger partial charge >= 0.3 is 0 Å². The zero-order valence-corrected chi connectivity index (χ0v) is 30.6. The Kier molecular flexibility index (Phi) is 15.9. The van der Waals surface area contributed by atoms with E-state index < -0.39 is 6.16 Å². The molecule has 0 amide bonds. The minimum Gasteiger partial charge on any atom is -0.652 e. The first-order valence-corrected chi connectivity index (χ1v) is 18.0. The molecule has 0 atom stereocenters. The van der Waals surface area contributed by atoms with Gasteiger partial charge < -0.3 is 24.0 Å². The van der Waals surface area contributed by atoms with Gasteiger partial charge in [-0.2, -0.15) is 0 Å². The first-order chi connectivity index (χ1) is 25.2. The second kappa shape index (κ2) is 21.0. The SMILES string of the molecule is C[N+](CCc1ccccc1)(Cc1ccccc1)Cc1ccccc1.C[N+](CCc1ccccc1)(Cc1ccccc1)Cc1ccccc1.O=C([O-])[O-]. The molecule has 0 saturated heterocycles. The van der Waals surface area contributed by atoms with Crippen molar-refractivity contribution < 1.29 is 24.0 Å². The number of hydrogen-bond donors (Lipinski definition) is 0. The van der Waals surface area contributed by atoms with E-state index in [4.69, 9.17) is 15.0 Å². The first-order valence-electron chi connectivity index (χ1n) is 18.0. The number of carbonyl (C=O) groups excluding carboxylic acids is 1. The van der Waals surface area contributed by atoms with Gasteiger partial charge in [-0.05, 0) is 17.3 Å². The summed E-state index contributed by atoms with van der Waals surface area (Å²) < 4.78 is 2.03. The quantitative estimate of drug-likeness (QED) is 0.110. The average Bonchev–Trinajstić information content (AvgIpc) is 3.16. The van der Waals surface area contributed by atoms with Crippen molar-refractivity contribution in [3.05, 3.63) is 215 Å². The fraction of sp³-hybridized carbons (Fsp3) is 0.213. The zero-order chi connectivity index (χ0) is 36.9. The van der Waals surface area contributed by atoms with E-state index in [0.717, 1.165) is 61.1 Å². The molecule has 0 aliphatic rings. The Morgan fingerprint density at radius 1 is 0.365 bits per heavy atom. The van der Waals surface area contributed by atoms with E-state index in [1.807, 2.05) is 0 Å². The number of rotatable bonds is 14. The zero-order valence-electron chi connectivity index (χ0n) is 30.6. The van der Waals surface area contributed by atoms with Crippen molar-refractivity contribution in [2.75, 3.05) is 27.2 Å². The lowest BCUT2D eigenvalue weighted by Crippen LogP contribution is -2.44. The predicted molar refractivity (Wildman–Crippen MR) is 208 cm³/mol. The molecule has 0 unspecified atom stereocenters. The van der Waals surface area contributed by atoms with E-state index >= 15 is 0 Å². The third kappa shape index (κ3) is 15.2. The number of nitrogens with zero attached hydrogens (tertiary/aromatic N) is 2. The molecule has 0 aliphatic heterocycles. The third-order valence-electron chi connectivity index (χ3n) is 9.19. The molecule has 6 aromatic rings. The van der Waals surface area contributed by atoms with E-state index in [0.29, 0.717) is 0 Å². The van der Waals surface area contributed by atoms with Gasteiger partial charge in [0.2, 0.25) is 0 Å². The summed E-state index contributed by atoms with van der Waals surface area (Å²) in [7, 11) is 4.76. The molecule has 268 valence electrons. The fourth-order valence-electron chi connectivity index (χ4n) is 6.61. The van der Waals surface area contributed by atoms with Crippen LogP contribution in [0.2, 0.25) is 0 Å². The van der Waals surface area contributed by atoms with Gasteiger partial charge in [-0.25, -0.2) is 0 Å². The summed E-state index contributed by atoms with van der Waals surface area (Å²) in [4.78, 5) is 8.33. The number of benzene rings is 6. The van der Waals surface area contributed by atoms with Crippen LogP contribution in [0.25, 0.3) is 0 Å². The summed E-state index contributed by atoms with van der Waals surface area (Å²) in [6, 6.07) is 65.0. The molecule has 6 aromatic carbocycles. The Morgan fingerprint density at radius 2 is 0.538 bits per heavy atom. The van der Waals surface area contributed by atoms with Crippen molar-refractivity contribution in [2.24, 2.45) is 0 Å². The Bertz CT molecular complexity index is 1600. The van der Waals surface area contributed by atoms with Gasteiger partial charge in [-0.15, -0.1) is 0 Å². The van der Waals surface area contributed by atoms with Crippen molar-refractivity contribution in [3.63, 3.8) is 0 Å². The van der Waals surface area contributed by atoms with E-state index in [9.17, 15) is 0 Å². The van der Waals surface area contributed by atoms with Crippen molar-refractivity contribution in [2.45, 2.75) is 39.0 Å². The van der Waals surface area contributed by atoms with Gasteiger partial charge in [-0.1, -0.05) is 182 Å². The maximum atomic E-state index is 8.33. The monoisotopic (exact) mass is 692 g/mol. The topological polar surface area (TPSA) is 63.2 Å². The summed E-state index contributed by atoms with van der Waals surface area (Å²) in [6.07, 6.45) is -0.117. The minimum atomic E-state index is -2.33. The molecule has 0 radical (unpaired) electrons. The Morgan fingerprint density at radius 3 is 0.731 bits per heavy atom. The first kappa shape index (κ1) is 39.3. The highest BCUT2D eigenvalue weighted by Gasteiger charge is 2.24. The summed E-state index contributed by atoms with van der Waals surface area (Å²) in [5.41, 5.74) is 8.46. The summed E-state index contributed by atoms with van der Waals surface area (Å²) in [6.45, 7) is 6.50. The maximum absolute atomic E-state index is 8.33. The summed E-state index contributed by atoms with van der Waals surface area (Å²) >= 11 is 0.